The first kappa shape index (κ1) is 79.0. The van der Waals surface area contributed by atoms with Crippen molar-refractivity contribution in [1.82, 2.24) is 0 Å². The highest BCUT2D eigenvalue weighted by molar-refractivity contribution is 5.70. The second kappa shape index (κ2) is 64.0. The van der Waals surface area contributed by atoms with Crippen LogP contribution in [0, 0.1) is 0 Å². The molecule has 0 aromatic carbocycles. The van der Waals surface area contributed by atoms with Crippen molar-refractivity contribution in [3.05, 3.63) is 12.2 Å². The zero-order chi connectivity index (χ0) is 59.1. The number of esters is 2. The molecule has 0 saturated heterocycles. The van der Waals surface area contributed by atoms with Crippen LogP contribution >= 0.6 is 0 Å². The molecule has 0 aliphatic carbocycles. The van der Waals surface area contributed by atoms with Crippen molar-refractivity contribution in [1.29, 1.82) is 0 Å². The van der Waals surface area contributed by atoms with E-state index < -0.39 is 24.3 Å². The molecule has 9 heteroatoms. The molecule has 0 amide bonds. The molecule has 0 aromatic rings. The van der Waals surface area contributed by atoms with Gasteiger partial charge in [0.2, 0.25) is 0 Å². The second-order valence-electron chi connectivity index (χ2n) is 25.9. The first-order valence-electron chi connectivity index (χ1n) is 35.8. The fraction of sp³-hybridized carbons (Fsp3) is 0.931. The van der Waals surface area contributed by atoms with E-state index in [4.69, 9.17) is 18.9 Å². The Labute approximate surface area is 504 Å². The second-order valence-corrected chi connectivity index (χ2v) is 25.9. The molecule has 0 saturated carbocycles. The van der Waals surface area contributed by atoms with Gasteiger partial charge in [0.05, 0.1) is 40.3 Å². The molecule has 0 aromatic heterocycles. The Kier molecular flexibility index (Phi) is 62.5. The third-order valence-electron chi connectivity index (χ3n) is 16.5. The molecule has 480 valence electrons. The highest BCUT2D eigenvalue weighted by Gasteiger charge is 2.22. The van der Waals surface area contributed by atoms with Crippen molar-refractivity contribution in [2.45, 2.75) is 386 Å². The topological polar surface area (TPSA) is 111 Å². The van der Waals surface area contributed by atoms with Gasteiger partial charge in [0.15, 0.2) is 12.4 Å². The standard InChI is InChI=1S/C72H139NO8/c1-6-8-10-12-14-16-18-20-22-23-24-25-26-27-28-29-30-31-32-33-34-35-36-37-38-39-40-41-42-43-44-45-46-47-49-51-53-55-57-59-61-63-70(75)81-68(67-80-72(71(76)77)78-65-64-73(3,4)5)66-79-69(74)62-60-58-56-54-52-50-48-21-19-17-15-13-11-9-7-2/h23-24,68,72H,6-22,25-67H2,1-5H3/b24-23-. The molecule has 0 bridgehead atoms. The number of nitrogens with zero attached hydrogens (tertiary/aromatic N) is 1. The van der Waals surface area contributed by atoms with Gasteiger partial charge in [-0.3, -0.25) is 9.59 Å². The maximum Gasteiger partial charge on any atom is 0.306 e. The number of carbonyl (C=O) groups is 3. The summed E-state index contributed by atoms with van der Waals surface area (Å²) in [6.07, 6.45) is 74.7. The number of hydrogen-bond acceptors (Lipinski definition) is 8. The van der Waals surface area contributed by atoms with Crippen LogP contribution in [0.2, 0.25) is 0 Å². The quantitative estimate of drug-likeness (QED) is 0.0195. The predicted molar refractivity (Wildman–Crippen MR) is 343 cm³/mol. The maximum absolute atomic E-state index is 12.9. The molecular weight excluding hydrogens is 1010 g/mol. The van der Waals surface area contributed by atoms with E-state index in [0.29, 0.717) is 17.4 Å². The number of carboxylic acid groups (broad SMARTS) is 1. The molecule has 0 radical (unpaired) electrons. The molecule has 2 atom stereocenters. The molecule has 0 fully saturated rings. The lowest BCUT2D eigenvalue weighted by atomic mass is 10.0. The van der Waals surface area contributed by atoms with Crippen LogP contribution in [-0.4, -0.2) is 82.3 Å². The normalized spacial score (nSPS) is 12.7. The monoisotopic (exact) mass is 1150 g/mol. The molecule has 9 nitrogen and oxygen atoms in total. The Balaban J connectivity index is 3.87. The summed E-state index contributed by atoms with van der Waals surface area (Å²) in [5.41, 5.74) is 0. The van der Waals surface area contributed by atoms with E-state index in [1.54, 1.807) is 0 Å². The predicted octanol–water partition coefficient (Wildman–Crippen LogP) is 20.7. The van der Waals surface area contributed by atoms with E-state index in [0.717, 1.165) is 38.5 Å². The molecule has 0 rings (SSSR count). The number of likely N-dealkylation sites (N-methyl/N-ethyl adjacent to an activating group) is 1. The zero-order valence-electron chi connectivity index (χ0n) is 54.9. The first-order valence-corrected chi connectivity index (χ1v) is 35.8. The van der Waals surface area contributed by atoms with Gasteiger partial charge in [-0.25, -0.2) is 0 Å². The first-order chi connectivity index (χ1) is 39.6. The Morgan fingerprint density at radius 1 is 0.358 bits per heavy atom. The van der Waals surface area contributed by atoms with E-state index in [2.05, 4.69) is 26.0 Å². The minimum Gasteiger partial charge on any atom is -0.545 e. The molecule has 0 aliphatic rings. The average molecular weight is 1150 g/mol. The van der Waals surface area contributed by atoms with Gasteiger partial charge >= 0.3 is 11.9 Å². The summed E-state index contributed by atoms with van der Waals surface area (Å²) in [4.78, 5) is 37.4. The van der Waals surface area contributed by atoms with Gasteiger partial charge in [0.1, 0.15) is 13.2 Å². The lowest BCUT2D eigenvalue weighted by molar-refractivity contribution is -0.870. The number of carbonyl (C=O) groups excluding carboxylic acids is 3. The zero-order valence-corrected chi connectivity index (χ0v) is 54.9. The summed E-state index contributed by atoms with van der Waals surface area (Å²) >= 11 is 0. The summed E-state index contributed by atoms with van der Waals surface area (Å²) in [6, 6.07) is 0. The number of quaternary nitrogens is 1. The van der Waals surface area contributed by atoms with Gasteiger partial charge in [-0.1, -0.05) is 334 Å². The summed E-state index contributed by atoms with van der Waals surface area (Å²) < 4.78 is 22.8. The van der Waals surface area contributed by atoms with Crippen LogP contribution in [0.4, 0.5) is 0 Å². The minimum absolute atomic E-state index is 0.153. The fourth-order valence-corrected chi connectivity index (χ4v) is 11.0. The Morgan fingerprint density at radius 3 is 0.914 bits per heavy atom. The average Bonchev–Trinajstić information content (AvgIpc) is 3.44. The van der Waals surface area contributed by atoms with E-state index in [1.807, 2.05) is 21.1 Å². The Bertz CT molecular complexity index is 1330. The smallest absolute Gasteiger partial charge is 0.306 e. The number of unbranched alkanes of at least 4 members (excludes halogenated alkanes) is 51. The molecule has 0 aliphatic heterocycles. The fourth-order valence-electron chi connectivity index (χ4n) is 11.0. The van der Waals surface area contributed by atoms with Crippen LogP contribution in [0.25, 0.3) is 0 Å². The van der Waals surface area contributed by atoms with Crippen molar-refractivity contribution in [2.75, 3.05) is 47.5 Å². The largest absolute Gasteiger partial charge is 0.545 e. The van der Waals surface area contributed by atoms with Crippen molar-refractivity contribution in [3.8, 4) is 0 Å². The number of carboxylic acids is 1. The highest BCUT2D eigenvalue weighted by Crippen LogP contribution is 2.19. The summed E-state index contributed by atoms with van der Waals surface area (Å²) in [5.74, 6) is -2.25. The van der Waals surface area contributed by atoms with Gasteiger partial charge in [0.25, 0.3) is 0 Å². The lowest BCUT2D eigenvalue weighted by Crippen LogP contribution is -2.44. The van der Waals surface area contributed by atoms with Crippen molar-refractivity contribution in [2.24, 2.45) is 0 Å². The van der Waals surface area contributed by atoms with Gasteiger partial charge in [-0.15, -0.1) is 0 Å². The minimum atomic E-state index is -1.62. The van der Waals surface area contributed by atoms with Gasteiger partial charge in [-0.05, 0) is 38.5 Å². The van der Waals surface area contributed by atoms with Gasteiger partial charge < -0.3 is 33.3 Å². The van der Waals surface area contributed by atoms with Crippen molar-refractivity contribution >= 4 is 17.9 Å². The van der Waals surface area contributed by atoms with E-state index in [1.165, 1.54) is 308 Å². The van der Waals surface area contributed by atoms with Crippen LogP contribution < -0.4 is 5.11 Å². The lowest BCUT2D eigenvalue weighted by Gasteiger charge is -2.26. The molecule has 0 heterocycles. The van der Waals surface area contributed by atoms with Gasteiger partial charge in [-0.2, -0.15) is 0 Å². The van der Waals surface area contributed by atoms with E-state index in [9.17, 15) is 19.5 Å². The third kappa shape index (κ3) is 65.4. The molecule has 2 unspecified atom stereocenters. The Hall–Kier alpha value is -1.97. The SMILES string of the molecule is CCCCCCCCCC/C=C\CCCCCCCCCCCCCCCCCCCCCCCCCCCCCCCC(=O)OC(COC(=O)CCCCCCCCCCCCCCCCC)COC(OCC[N+](C)(C)C)C(=O)[O-]. The third-order valence-corrected chi connectivity index (χ3v) is 16.5. The number of rotatable bonds is 68. The van der Waals surface area contributed by atoms with Gasteiger partial charge in [0, 0.05) is 12.8 Å². The number of ether oxygens (including phenoxy) is 4. The van der Waals surface area contributed by atoms with Crippen LogP contribution in [0.3, 0.4) is 0 Å². The van der Waals surface area contributed by atoms with Crippen LogP contribution in [0.15, 0.2) is 12.2 Å². The van der Waals surface area contributed by atoms with Crippen LogP contribution in [0.5, 0.6) is 0 Å². The Morgan fingerprint density at radius 2 is 0.630 bits per heavy atom. The summed E-state index contributed by atoms with van der Waals surface area (Å²) in [5, 5.41) is 11.8. The van der Waals surface area contributed by atoms with E-state index in [-0.39, 0.29) is 32.2 Å². The van der Waals surface area contributed by atoms with Crippen molar-refractivity contribution in [3.63, 3.8) is 0 Å². The maximum atomic E-state index is 12.9. The summed E-state index contributed by atoms with van der Waals surface area (Å²) in [6.45, 7) is 4.82. The molecule has 0 spiro atoms. The molecular formula is C72H139NO8. The van der Waals surface area contributed by atoms with E-state index >= 15 is 0 Å². The van der Waals surface area contributed by atoms with Crippen LogP contribution in [-0.2, 0) is 33.3 Å². The van der Waals surface area contributed by atoms with Crippen LogP contribution in [0.1, 0.15) is 373 Å². The number of aliphatic carboxylic acids is 1. The number of hydrogen-bond donors (Lipinski definition) is 0. The summed E-state index contributed by atoms with van der Waals surface area (Å²) in [7, 11) is 5.94. The van der Waals surface area contributed by atoms with Crippen molar-refractivity contribution < 1.29 is 42.9 Å². The molecule has 81 heavy (non-hydrogen) atoms. The highest BCUT2D eigenvalue weighted by atomic mass is 16.7. The molecule has 0 N–H and O–H groups in total. The number of allylic oxidation sites excluding steroid dienone is 2.